The predicted octanol–water partition coefficient (Wildman–Crippen LogP) is 4.82. The number of aromatic hydroxyl groups is 1. The van der Waals surface area contributed by atoms with Gasteiger partial charge in [0.2, 0.25) is 6.29 Å². The van der Waals surface area contributed by atoms with Crippen molar-refractivity contribution in [1.29, 1.82) is 0 Å². The number of rotatable bonds is 8. The van der Waals surface area contributed by atoms with Crippen LogP contribution in [0.25, 0.3) is 12.2 Å². The summed E-state index contributed by atoms with van der Waals surface area (Å²) in [7, 11) is 0. The standard InChI is InChI=1S/C42H40O11/c1-22-35(44)39(48)40(49)41(51-22)53-32-21-30-34(37(46)29(32)20-25-11-8-12-26(19-25)42(50)17-6-7-18-42)36(45)28-15-16-31(52-23(2)43)27(33(28)38(30)47)14-13-24-9-4-3-5-10-24/h3-5,8-16,19,21-22,35,39-41,44,46,48-50H,6-7,17-18,20H2,1-2H3/t22-,35-,39-,40-,41-/m1/s1. The van der Waals surface area contributed by atoms with Gasteiger partial charge in [-0.2, -0.15) is 0 Å². The van der Waals surface area contributed by atoms with Crippen LogP contribution in [0.4, 0.5) is 0 Å². The molecule has 53 heavy (non-hydrogen) atoms. The van der Waals surface area contributed by atoms with E-state index in [4.69, 9.17) is 14.2 Å². The third kappa shape index (κ3) is 6.78. The van der Waals surface area contributed by atoms with Crippen molar-refractivity contribution in [3.05, 3.63) is 123 Å². The molecule has 2 aliphatic carbocycles. The van der Waals surface area contributed by atoms with Crippen molar-refractivity contribution >= 4 is 29.7 Å². The van der Waals surface area contributed by atoms with Crippen LogP contribution in [0.5, 0.6) is 17.2 Å². The van der Waals surface area contributed by atoms with Gasteiger partial charge in [-0.3, -0.25) is 14.4 Å². The Balaban J connectivity index is 1.37. The number of carbonyl (C=O) groups excluding carboxylic acids is 3. The summed E-state index contributed by atoms with van der Waals surface area (Å²) in [4.78, 5) is 41.0. The van der Waals surface area contributed by atoms with Crippen molar-refractivity contribution in [3.8, 4) is 17.2 Å². The fourth-order valence-corrected chi connectivity index (χ4v) is 7.49. The van der Waals surface area contributed by atoms with E-state index in [2.05, 4.69) is 0 Å². The van der Waals surface area contributed by atoms with E-state index in [1.165, 1.54) is 32.0 Å². The number of aliphatic hydroxyl groups excluding tert-OH is 3. The topological polar surface area (TPSA) is 180 Å². The molecule has 7 rings (SSSR count). The highest BCUT2D eigenvalue weighted by molar-refractivity contribution is 6.31. The molecule has 11 heteroatoms. The summed E-state index contributed by atoms with van der Waals surface area (Å²) in [5.74, 6) is -2.55. The van der Waals surface area contributed by atoms with E-state index in [1.807, 2.05) is 42.5 Å². The van der Waals surface area contributed by atoms with E-state index in [1.54, 1.807) is 24.3 Å². The lowest BCUT2D eigenvalue weighted by Crippen LogP contribution is -2.58. The summed E-state index contributed by atoms with van der Waals surface area (Å²) in [5, 5.41) is 55.0. The average Bonchev–Trinajstić information content (AvgIpc) is 3.60. The highest BCUT2D eigenvalue weighted by Crippen LogP contribution is 2.45. The molecular formula is C42H40O11. The molecule has 0 radical (unpaired) electrons. The minimum Gasteiger partial charge on any atom is -0.507 e. The Morgan fingerprint density at radius 2 is 1.57 bits per heavy atom. The molecule has 0 bridgehead atoms. The van der Waals surface area contributed by atoms with Crippen LogP contribution in [0.1, 0.15) is 99.2 Å². The van der Waals surface area contributed by atoms with Crippen molar-refractivity contribution in [2.24, 2.45) is 0 Å². The number of aliphatic hydroxyl groups is 4. The number of hydrogen-bond donors (Lipinski definition) is 5. The number of phenols is 1. The lowest BCUT2D eigenvalue weighted by molar-refractivity contribution is -0.268. The van der Waals surface area contributed by atoms with E-state index in [0.29, 0.717) is 24.0 Å². The van der Waals surface area contributed by atoms with Gasteiger partial charge >= 0.3 is 5.97 Å². The molecule has 1 aliphatic heterocycles. The number of ketones is 2. The predicted molar refractivity (Wildman–Crippen MR) is 193 cm³/mol. The van der Waals surface area contributed by atoms with Crippen LogP contribution in [-0.4, -0.2) is 73.8 Å². The quantitative estimate of drug-likeness (QED) is 0.0843. The smallest absolute Gasteiger partial charge is 0.308 e. The average molecular weight is 721 g/mol. The molecule has 1 heterocycles. The maximum Gasteiger partial charge on any atom is 0.308 e. The summed E-state index contributed by atoms with van der Waals surface area (Å²) < 4.78 is 17.3. The highest BCUT2D eigenvalue weighted by atomic mass is 16.7. The third-order valence-corrected chi connectivity index (χ3v) is 10.3. The molecule has 274 valence electrons. The zero-order chi connectivity index (χ0) is 37.6. The van der Waals surface area contributed by atoms with Gasteiger partial charge in [0, 0.05) is 41.2 Å². The number of phenolic OH excluding ortho intramolecular Hbond substituents is 1. The number of carbonyl (C=O) groups is 3. The zero-order valence-electron chi connectivity index (χ0n) is 29.2. The van der Waals surface area contributed by atoms with E-state index in [-0.39, 0.29) is 51.3 Å². The van der Waals surface area contributed by atoms with E-state index >= 15 is 0 Å². The molecule has 5 atom stereocenters. The Morgan fingerprint density at radius 3 is 2.28 bits per heavy atom. The van der Waals surface area contributed by atoms with Gasteiger partial charge in [-0.25, -0.2) is 0 Å². The molecule has 1 saturated heterocycles. The van der Waals surface area contributed by atoms with Crippen molar-refractivity contribution in [2.45, 2.75) is 82.3 Å². The van der Waals surface area contributed by atoms with Crippen molar-refractivity contribution in [3.63, 3.8) is 0 Å². The van der Waals surface area contributed by atoms with E-state index in [9.17, 15) is 39.9 Å². The minimum atomic E-state index is -1.72. The van der Waals surface area contributed by atoms with Gasteiger partial charge < -0.3 is 39.7 Å². The number of benzene rings is 4. The first kappa shape index (κ1) is 36.2. The Bertz CT molecular complexity index is 2120. The Labute approximate surface area is 305 Å². The molecule has 1 saturated carbocycles. The molecule has 5 N–H and O–H groups in total. The lowest BCUT2D eigenvalue weighted by atomic mass is 9.79. The van der Waals surface area contributed by atoms with Gasteiger partial charge in [0.1, 0.15) is 35.6 Å². The van der Waals surface area contributed by atoms with Crippen LogP contribution in [-0.2, 0) is 21.6 Å². The van der Waals surface area contributed by atoms with Gasteiger partial charge in [0.25, 0.3) is 0 Å². The summed E-state index contributed by atoms with van der Waals surface area (Å²) in [6, 6.07) is 20.6. The first-order valence-electron chi connectivity index (χ1n) is 17.6. The Kier molecular flexibility index (Phi) is 9.79. The largest absolute Gasteiger partial charge is 0.507 e. The SMILES string of the molecule is CC(=O)Oc1ccc2c(c1C=Cc1ccccc1)C(=O)c1cc(O[C@H]3O[C@H](C)[C@@H](O)[C@@H](O)[C@H]3O)c(Cc3cccc(C4(O)CCCC4)c3)c(O)c1C2=O. The molecule has 4 aromatic carbocycles. The summed E-state index contributed by atoms with van der Waals surface area (Å²) >= 11 is 0. The van der Waals surface area contributed by atoms with Crippen LogP contribution < -0.4 is 9.47 Å². The van der Waals surface area contributed by atoms with Crippen molar-refractivity contribution in [2.75, 3.05) is 0 Å². The van der Waals surface area contributed by atoms with Crippen molar-refractivity contribution in [1.82, 2.24) is 0 Å². The number of fused-ring (bicyclic) bond motifs is 2. The molecule has 0 aromatic heterocycles. The summed E-state index contributed by atoms with van der Waals surface area (Å²) in [5.41, 5.74) is 0.893. The maximum absolute atomic E-state index is 14.6. The fourth-order valence-electron chi connectivity index (χ4n) is 7.49. The zero-order valence-corrected chi connectivity index (χ0v) is 29.2. The van der Waals surface area contributed by atoms with Crippen LogP contribution in [0.2, 0.25) is 0 Å². The van der Waals surface area contributed by atoms with Crippen LogP contribution in [0, 0.1) is 0 Å². The van der Waals surface area contributed by atoms with E-state index in [0.717, 1.165) is 18.4 Å². The maximum atomic E-state index is 14.6. The number of esters is 1. The number of ether oxygens (including phenoxy) is 3. The molecular weight excluding hydrogens is 680 g/mol. The first-order chi connectivity index (χ1) is 25.4. The second kappa shape index (κ2) is 14.3. The Hall–Kier alpha value is -5.17. The molecule has 0 spiro atoms. The minimum absolute atomic E-state index is 0.0107. The lowest BCUT2D eigenvalue weighted by Gasteiger charge is -2.39. The molecule has 0 amide bonds. The van der Waals surface area contributed by atoms with E-state index < -0.39 is 59.6 Å². The van der Waals surface area contributed by atoms with Gasteiger partial charge in [-0.1, -0.05) is 73.5 Å². The second-order valence-electron chi connectivity index (χ2n) is 13.9. The molecule has 4 aromatic rings. The Morgan fingerprint density at radius 1 is 0.849 bits per heavy atom. The van der Waals surface area contributed by atoms with Gasteiger partial charge in [0.15, 0.2) is 11.6 Å². The van der Waals surface area contributed by atoms with Crippen LogP contribution >= 0.6 is 0 Å². The molecule has 0 unspecified atom stereocenters. The van der Waals surface area contributed by atoms with Crippen LogP contribution in [0.15, 0.2) is 72.8 Å². The molecule has 3 aliphatic rings. The van der Waals surface area contributed by atoms with Gasteiger partial charge in [-0.15, -0.1) is 0 Å². The third-order valence-electron chi connectivity index (χ3n) is 10.3. The second-order valence-corrected chi connectivity index (χ2v) is 13.9. The van der Waals surface area contributed by atoms with Crippen molar-refractivity contribution < 1.29 is 54.1 Å². The van der Waals surface area contributed by atoms with Crippen LogP contribution in [0.3, 0.4) is 0 Å². The normalized spacial score (nSPS) is 23.5. The fraction of sp³-hybridized carbons (Fsp3) is 0.310. The molecule has 2 fully saturated rings. The van der Waals surface area contributed by atoms with Gasteiger partial charge in [0.05, 0.1) is 17.3 Å². The summed E-state index contributed by atoms with van der Waals surface area (Å²) in [6.45, 7) is 2.71. The monoisotopic (exact) mass is 720 g/mol. The number of hydrogen-bond acceptors (Lipinski definition) is 11. The highest BCUT2D eigenvalue weighted by Gasteiger charge is 2.44. The van der Waals surface area contributed by atoms with Gasteiger partial charge in [-0.05, 0) is 60.7 Å². The molecule has 11 nitrogen and oxygen atoms in total. The summed E-state index contributed by atoms with van der Waals surface area (Å²) in [6.07, 6.45) is -0.982. The first-order valence-corrected chi connectivity index (χ1v) is 17.6.